The molecule has 3 nitrogen and oxygen atoms in total. The Balaban J connectivity index is 0. The molecule has 0 saturated carbocycles. The van der Waals surface area contributed by atoms with Crippen LogP contribution in [0.25, 0.3) is 0 Å². The van der Waals surface area contributed by atoms with Crippen molar-refractivity contribution in [1.82, 2.24) is 5.32 Å². The molecular formula is C4H13NO2Si2. The first-order valence-corrected chi connectivity index (χ1v) is 4.10. The summed E-state index contributed by atoms with van der Waals surface area (Å²) in [7, 11) is 3.42. The Hall–Kier alpha value is -0.396. The number of hydrogen-bond acceptors (Lipinski definition) is 2. The molecule has 0 unspecified atom stereocenters. The van der Waals surface area contributed by atoms with E-state index in [1.807, 2.05) is 0 Å². The van der Waals surface area contributed by atoms with E-state index < -0.39 is 0 Å². The monoisotopic (exact) mass is 163 g/mol. The maximum absolute atomic E-state index is 9.95. The predicted molar refractivity (Wildman–Crippen MR) is 45.2 cm³/mol. The van der Waals surface area contributed by atoms with Crippen LogP contribution >= 0.6 is 0 Å². The fourth-order valence-corrected chi connectivity index (χ4v) is 0.102. The lowest BCUT2D eigenvalue weighted by Crippen LogP contribution is -2.13. The van der Waals surface area contributed by atoms with Gasteiger partial charge in [0.1, 0.15) is 21.0 Å². The molecule has 0 aliphatic heterocycles. The van der Waals surface area contributed by atoms with Crippen LogP contribution in [0.1, 0.15) is 0 Å². The lowest BCUT2D eigenvalue weighted by Gasteiger charge is -1.82. The SMILES string of the molecule is C=CC(=O)NC.[SiH3]O[SiH3]. The lowest BCUT2D eigenvalue weighted by molar-refractivity contribution is -0.116. The van der Waals surface area contributed by atoms with Crippen LogP contribution in [-0.2, 0) is 8.91 Å². The Labute approximate surface area is 61.6 Å². The van der Waals surface area contributed by atoms with E-state index in [1.54, 1.807) is 7.05 Å². The number of hydrogen-bond donors (Lipinski definition) is 1. The normalized spacial score (nSPS) is 7.22. The van der Waals surface area contributed by atoms with Crippen LogP contribution in [0.3, 0.4) is 0 Å². The summed E-state index contributed by atoms with van der Waals surface area (Å²) in [6.45, 7) is 3.22. The number of rotatable bonds is 1. The van der Waals surface area contributed by atoms with Gasteiger partial charge in [0.25, 0.3) is 0 Å². The summed E-state index contributed by atoms with van der Waals surface area (Å²) < 4.78 is 4.53. The van der Waals surface area contributed by atoms with E-state index in [2.05, 4.69) is 16.0 Å². The molecule has 0 rings (SSSR count). The quantitative estimate of drug-likeness (QED) is 0.342. The average molecular weight is 163 g/mol. The highest BCUT2D eigenvalue weighted by Crippen LogP contribution is 1.56. The molecule has 1 amide bonds. The maximum atomic E-state index is 9.95. The molecule has 0 aliphatic carbocycles. The van der Waals surface area contributed by atoms with Gasteiger partial charge in [-0.25, -0.2) is 0 Å². The van der Waals surface area contributed by atoms with Crippen LogP contribution in [0, 0.1) is 0 Å². The Morgan fingerprint density at radius 1 is 1.78 bits per heavy atom. The molecule has 0 spiro atoms. The lowest BCUT2D eigenvalue weighted by atomic mass is 10.6. The molecule has 0 saturated heterocycles. The van der Waals surface area contributed by atoms with Gasteiger partial charge in [-0.05, 0) is 6.08 Å². The number of carbonyl (C=O) groups is 1. The molecule has 0 aromatic carbocycles. The molecule has 0 fully saturated rings. The third-order valence-corrected chi connectivity index (χ3v) is 0.432. The van der Waals surface area contributed by atoms with Crippen LogP contribution in [0.5, 0.6) is 0 Å². The summed E-state index contributed by atoms with van der Waals surface area (Å²) in [5, 5.41) is 2.36. The average Bonchev–Trinajstić information content (AvgIpc) is 1.88. The van der Waals surface area contributed by atoms with Crippen molar-refractivity contribution in [3.05, 3.63) is 12.7 Å². The standard InChI is InChI=1S/C4H7NO.H6OSi2/c1-3-4(6)5-2;2-1-3/h3H,1H2,2H3,(H,5,6);2-3H3. The predicted octanol–water partition coefficient (Wildman–Crippen LogP) is -2.52. The number of likely N-dealkylation sites (N-methyl/N-ethyl adjacent to an activating group) is 1. The Bertz CT molecular complexity index is 86.6. The summed E-state index contributed by atoms with van der Waals surface area (Å²) in [6, 6.07) is 0. The van der Waals surface area contributed by atoms with Crippen molar-refractivity contribution < 1.29 is 8.91 Å². The molecule has 0 atom stereocenters. The van der Waals surface area contributed by atoms with Gasteiger partial charge in [0.05, 0.1) is 0 Å². The largest absolute Gasteiger partial charge is 0.471 e. The molecule has 5 heteroatoms. The number of carbonyl (C=O) groups excluding carboxylic acids is 1. The third kappa shape index (κ3) is 18.4. The molecule has 54 valence electrons. The Kier molecular flexibility index (Phi) is 13.4. The summed E-state index contributed by atoms with van der Waals surface area (Å²) >= 11 is 0. The van der Waals surface area contributed by atoms with Gasteiger partial charge in [-0.1, -0.05) is 6.58 Å². The van der Waals surface area contributed by atoms with Crippen molar-refractivity contribution in [2.45, 2.75) is 0 Å². The minimum atomic E-state index is -0.144. The summed E-state index contributed by atoms with van der Waals surface area (Å²) in [4.78, 5) is 9.95. The zero-order chi connectivity index (χ0) is 7.70. The van der Waals surface area contributed by atoms with Crippen molar-refractivity contribution >= 4 is 26.9 Å². The molecule has 0 bridgehead atoms. The van der Waals surface area contributed by atoms with Crippen molar-refractivity contribution in [2.75, 3.05) is 7.05 Å². The van der Waals surface area contributed by atoms with Gasteiger partial charge in [-0.15, -0.1) is 0 Å². The second kappa shape index (κ2) is 10.6. The molecular weight excluding hydrogens is 150 g/mol. The van der Waals surface area contributed by atoms with Gasteiger partial charge in [0.2, 0.25) is 5.91 Å². The second-order valence-corrected chi connectivity index (χ2v) is 4.49. The first kappa shape index (κ1) is 11.4. The molecule has 0 aromatic rings. The van der Waals surface area contributed by atoms with E-state index in [1.165, 1.54) is 6.08 Å². The van der Waals surface area contributed by atoms with Crippen molar-refractivity contribution in [3.63, 3.8) is 0 Å². The summed E-state index contributed by atoms with van der Waals surface area (Å²) in [5.41, 5.74) is 0. The zero-order valence-corrected chi connectivity index (χ0v) is 10.1. The van der Waals surface area contributed by atoms with Crippen molar-refractivity contribution in [3.8, 4) is 0 Å². The minimum Gasteiger partial charge on any atom is -0.471 e. The van der Waals surface area contributed by atoms with Crippen molar-refractivity contribution in [1.29, 1.82) is 0 Å². The molecule has 1 N–H and O–H groups in total. The maximum Gasteiger partial charge on any atom is 0.243 e. The van der Waals surface area contributed by atoms with E-state index in [4.69, 9.17) is 0 Å². The van der Waals surface area contributed by atoms with E-state index in [-0.39, 0.29) is 5.91 Å². The Morgan fingerprint density at radius 3 is 2.11 bits per heavy atom. The highest BCUT2D eigenvalue weighted by molar-refractivity contribution is 6.15. The number of nitrogens with one attached hydrogen (secondary N) is 1. The molecule has 9 heavy (non-hydrogen) atoms. The molecule has 0 aliphatic rings. The van der Waals surface area contributed by atoms with Crippen molar-refractivity contribution in [2.24, 2.45) is 0 Å². The first-order valence-electron chi connectivity index (χ1n) is 2.47. The van der Waals surface area contributed by atoms with Crippen LogP contribution in [-0.4, -0.2) is 33.9 Å². The first-order chi connectivity index (χ1) is 4.22. The van der Waals surface area contributed by atoms with Crippen LogP contribution in [0.4, 0.5) is 0 Å². The van der Waals surface area contributed by atoms with E-state index >= 15 is 0 Å². The van der Waals surface area contributed by atoms with Gasteiger partial charge in [0.15, 0.2) is 0 Å². The summed E-state index contributed by atoms with van der Waals surface area (Å²) in [6.07, 6.45) is 1.22. The highest BCUT2D eigenvalue weighted by Gasteiger charge is 1.78. The van der Waals surface area contributed by atoms with Gasteiger partial charge in [0, 0.05) is 7.05 Å². The smallest absolute Gasteiger partial charge is 0.243 e. The van der Waals surface area contributed by atoms with E-state index in [9.17, 15) is 4.79 Å². The summed E-state index contributed by atoms with van der Waals surface area (Å²) in [5.74, 6) is -0.144. The fourth-order valence-electron chi connectivity index (χ4n) is 0.102. The number of amides is 1. The molecule has 0 heterocycles. The van der Waals surface area contributed by atoms with E-state index in [0.717, 1.165) is 21.0 Å². The van der Waals surface area contributed by atoms with Gasteiger partial charge in [-0.2, -0.15) is 0 Å². The van der Waals surface area contributed by atoms with Crippen LogP contribution in [0.2, 0.25) is 0 Å². The molecule has 0 aromatic heterocycles. The van der Waals surface area contributed by atoms with Gasteiger partial charge in [-0.3, -0.25) is 4.79 Å². The molecule has 0 radical (unpaired) electrons. The third-order valence-electron chi connectivity index (χ3n) is 0.432. The van der Waals surface area contributed by atoms with E-state index in [0.29, 0.717) is 0 Å². The van der Waals surface area contributed by atoms with Crippen LogP contribution in [0.15, 0.2) is 12.7 Å². The van der Waals surface area contributed by atoms with Gasteiger partial charge >= 0.3 is 0 Å². The second-order valence-electron chi connectivity index (χ2n) is 1.23. The minimum absolute atomic E-state index is 0.144. The van der Waals surface area contributed by atoms with Crippen LogP contribution < -0.4 is 5.32 Å². The topological polar surface area (TPSA) is 38.3 Å². The zero-order valence-electron chi connectivity index (χ0n) is 6.10. The fraction of sp³-hybridized carbons (Fsp3) is 0.250. The highest BCUT2D eigenvalue weighted by atomic mass is 28.3. The van der Waals surface area contributed by atoms with Gasteiger partial charge < -0.3 is 9.43 Å². The Morgan fingerprint density at radius 2 is 2.11 bits per heavy atom.